The van der Waals surface area contributed by atoms with Gasteiger partial charge in [0.15, 0.2) is 15.5 Å². The Bertz CT molecular complexity index is 1320. The molecule has 2 bridgehead atoms. The highest BCUT2D eigenvalue weighted by Gasteiger charge is 2.69. The van der Waals surface area contributed by atoms with E-state index in [0.29, 0.717) is 16.3 Å². The number of nitrogens with zero attached hydrogens (tertiary/aromatic N) is 1. The SMILES string of the molecule is CCOc1cc(C2c3sc(=S)[nH]c3SC3C4CC(C5C(=O)N(CCCC(=O)O)C(=O)C45)C23)ccc1O. The van der Waals surface area contributed by atoms with Crippen molar-refractivity contribution in [2.24, 2.45) is 29.6 Å². The fourth-order valence-corrected chi connectivity index (χ4v) is 10.4. The van der Waals surface area contributed by atoms with Crippen molar-refractivity contribution in [2.75, 3.05) is 13.2 Å². The number of phenolic OH excluding ortho intramolecular Hbond substituents is 1. The molecule has 7 atom stereocenters. The molecule has 3 fully saturated rings. The first-order valence-corrected chi connectivity index (χ1v) is 14.3. The number of rotatable bonds is 7. The van der Waals surface area contributed by atoms with Crippen molar-refractivity contribution in [1.82, 2.24) is 9.88 Å². The number of thiazole rings is 1. The molecule has 2 aliphatic carbocycles. The van der Waals surface area contributed by atoms with Gasteiger partial charge >= 0.3 is 5.97 Å². The van der Waals surface area contributed by atoms with E-state index in [-0.39, 0.29) is 77.7 Å². The standard InChI is InChI=1S/C25H26N2O6S3/c1-2-33-14-8-10(5-6-13(14)28)16-17-11-9-12(20(17)35-22-21(16)36-25(34)26-22)19-18(11)23(31)27(24(19)32)7-3-4-15(29)30/h5-6,8,11-12,16-20,28H,2-4,7,9H2,1H3,(H,26,34)(H,29,30). The number of nitrogens with one attached hydrogen (secondary N) is 1. The maximum Gasteiger partial charge on any atom is 0.303 e. The number of H-pyrrole nitrogens is 1. The Balaban J connectivity index is 1.38. The molecule has 2 aromatic rings. The molecule has 4 aliphatic rings. The fourth-order valence-electron chi connectivity index (χ4n) is 7.06. The summed E-state index contributed by atoms with van der Waals surface area (Å²) in [6.07, 6.45) is 1.04. The topological polar surface area (TPSA) is 120 Å². The first kappa shape index (κ1) is 24.0. The van der Waals surface area contributed by atoms with Crippen molar-refractivity contribution in [1.29, 1.82) is 0 Å². The van der Waals surface area contributed by atoms with Gasteiger partial charge in [0.1, 0.15) is 0 Å². The van der Waals surface area contributed by atoms with E-state index in [0.717, 1.165) is 21.9 Å². The monoisotopic (exact) mass is 546 g/mol. The van der Waals surface area contributed by atoms with Crippen LogP contribution >= 0.6 is 35.3 Å². The summed E-state index contributed by atoms with van der Waals surface area (Å²) in [6.45, 7) is 2.47. The highest BCUT2D eigenvalue weighted by molar-refractivity contribution is 8.00. The summed E-state index contributed by atoms with van der Waals surface area (Å²) >= 11 is 8.80. The largest absolute Gasteiger partial charge is 0.504 e. The third-order valence-corrected chi connectivity index (χ3v) is 11.2. The second-order valence-electron chi connectivity index (χ2n) is 9.95. The van der Waals surface area contributed by atoms with Crippen LogP contribution in [0.3, 0.4) is 0 Å². The number of aromatic hydroxyl groups is 1. The van der Waals surface area contributed by atoms with Gasteiger partial charge in [0.05, 0.1) is 23.5 Å². The number of thioether (sulfide) groups is 1. The van der Waals surface area contributed by atoms with E-state index in [1.165, 1.54) is 4.90 Å². The molecule has 3 heterocycles. The maximum absolute atomic E-state index is 13.5. The minimum absolute atomic E-state index is 0.0241. The van der Waals surface area contributed by atoms with Gasteiger partial charge in [-0.3, -0.25) is 19.3 Å². The Labute approximate surface area is 221 Å². The summed E-state index contributed by atoms with van der Waals surface area (Å²) in [5.41, 5.74) is 1.01. The number of fused-ring (bicyclic) bond motifs is 9. The quantitative estimate of drug-likeness (QED) is 0.348. The van der Waals surface area contributed by atoms with Crippen LogP contribution in [0.4, 0.5) is 0 Å². The molecule has 2 aliphatic heterocycles. The summed E-state index contributed by atoms with van der Waals surface area (Å²) < 4.78 is 6.38. The van der Waals surface area contributed by atoms with Crippen molar-refractivity contribution in [3.8, 4) is 11.5 Å². The van der Waals surface area contributed by atoms with E-state index in [2.05, 4.69) is 4.98 Å². The van der Waals surface area contributed by atoms with Gasteiger partial charge in [-0.25, -0.2) is 0 Å². The van der Waals surface area contributed by atoms with E-state index < -0.39 is 5.97 Å². The lowest BCUT2D eigenvalue weighted by Gasteiger charge is -2.43. The number of hydrogen-bond acceptors (Lipinski definition) is 8. The predicted octanol–water partition coefficient (Wildman–Crippen LogP) is 4.25. The van der Waals surface area contributed by atoms with E-state index >= 15 is 0 Å². The molecule has 190 valence electrons. The molecule has 11 heteroatoms. The highest BCUT2D eigenvalue weighted by atomic mass is 32.2. The summed E-state index contributed by atoms with van der Waals surface area (Å²) in [6, 6.07) is 5.48. The second kappa shape index (κ2) is 8.88. The molecule has 6 rings (SSSR count). The van der Waals surface area contributed by atoms with Crippen LogP contribution in [-0.4, -0.2) is 56.3 Å². The number of carbonyl (C=O) groups excluding carboxylic acids is 2. The Kier molecular flexibility index (Phi) is 5.92. The van der Waals surface area contributed by atoms with E-state index in [9.17, 15) is 19.5 Å². The number of aromatic nitrogens is 1. The third kappa shape index (κ3) is 3.53. The molecule has 8 nitrogen and oxygen atoms in total. The van der Waals surface area contributed by atoms with Crippen molar-refractivity contribution < 1.29 is 29.3 Å². The number of aromatic amines is 1. The number of benzene rings is 1. The number of phenols is 1. The Hall–Kier alpha value is -2.37. The van der Waals surface area contributed by atoms with E-state index in [1.807, 2.05) is 19.1 Å². The predicted molar refractivity (Wildman–Crippen MR) is 136 cm³/mol. The minimum atomic E-state index is -0.927. The van der Waals surface area contributed by atoms with Gasteiger partial charge in [0, 0.05) is 29.0 Å². The van der Waals surface area contributed by atoms with Gasteiger partial charge in [0.25, 0.3) is 0 Å². The first-order valence-electron chi connectivity index (χ1n) is 12.2. The molecule has 1 saturated heterocycles. The summed E-state index contributed by atoms with van der Waals surface area (Å²) in [5.74, 6) is -1.11. The van der Waals surface area contributed by atoms with Crippen LogP contribution in [-0.2, 0) is 14.4 Å². The Morgan fingerprint density at radius 1 is 1.25 bits per heavy atom. The van der Waals surface area contributed by atoms with Crippen LogP contribution in [0.1, 0.15) is 42.5 Å². The number of aliphatic carboxylic acids is 1. The molecular weight excluding hydrogens is 520 g/mol. The molecule has 0 spiro atoms. The smallest absolute Gasteiger partial charge is 0.303 e. The Morgan fingerprint density at radius 2 is 2.00 bits per heavy atom. The molecular formula is C25H26N2O6S3. The number of carbonyl (C=O) groups is 3. The van der Waals surface area contributed by atoms with Gasteiger partial charge in [-0.2, -0.15) is 0 Å². The van der Waals surface area contributed by atoms with E-state index in [1.54, 1.807) is 29.2 Å². The molecule has 0 radical (unpaired) electrons. The first-order chi connectivity index (χ1) is 17.3. The maximum atomic E-state index is 13.5. The lowest BCUT2D eigenvalue weighted by molar-refractivity contribution is -0.142. The second-order valence-corrected chi connectivity index (χ2v) is 12.9. The number of ether oxygens (including phenoxy) is 1. The zero-order chi connectivity index (χ0) is 25.3. The molecule has 1 aromatic carbocycles. The molecule has 3 N–H and O–H groups in total. The van der Waals surface area contributed by atoms with E-state index in [4.69, 9.17) is 22.1 Å². The molecule has 7 unspecified atom stereocenters. The fraction of sp³-hybridized carbons (Fsp3) is 0.520. The van der Waals surface area contributed by atoms with Crippen LogP contribution in [0.15, 0.2) is 23.2 Å². The van der Waals surface area contributed by atoms with Crippen LogP contribution < -0.4 is 4.74 Å². The molecule has 36 heavy (non-hydrogen) atoms. The summed E-state index contributed by atoms with van der Waals surface area (Å²) in [4.78, 5) is 43.6. The number of carboxylic acid groups (broad SMARTS) is 1. The lowest BCUT2D eigenvalue weighted by atomic mass is 9.68. The van der Waals surface area contributed by atoms with Crippen LogP contribution in [0.2, 0.25) is 0 Å². The molecule has 2 saturated carbocycles. The number of likely N-dealkylation sites (tertiary alicyclic amines) is 1. The molecule has 1 aromatic heterocycles. The van der Waals surface area contributed by atoms with Crippen molar-refractivity contribution >= 4 is 53.1 Å². The summed E-state index contributed by atoms with van der Waals surface area (Å²) in [7, 11) is 0. The normalized spacial score (nSPS) is 31.9. The average molecular weight is 547 g/mol. The van der Waals surface area contributed by atoms with Crippen molar-refractivity contribution in [2.45, 2.75) is 42.4 Å². The average Bonchev–Trinajstić information content (AvgIpc) is 3.56. The third-order valence-electron chi connectivity index (χ3n) is 8.23. The van der Waals surface area contributed by atoms with Gasteiger partial charge in [-0.1, -0.05) is 6.07 Å². The number of carboxylic acids is 1. The van der Waals surface area contributed by atoms with Crippen LogP contribution in [0, 0.1) is 33.5 Å². The van der Waals surface area contributed by atoms with Crippen molar-refractivity contribution in [3.05, 3.63) is 32.6 Å². The van der Waals surface area contributed by atoms with Crippen LogP contribution in [0.25, 0.3) is 0 Å². The van der Waals surface area contributed by atoms with Crippen LogP contribution in [0.5, 0.6) is 11.5 Å². The number of imide groups is 1. The van der Waals surface area contributed by atoms with Gasteiger partial charge in [-0.15, -0.1) is 23.1 Å². The number of hydrogen-bond donors (Lipinski definition) is 3. The van der Waals surface area contributed by atoms with Gasteiger partial charge in [-0.05, 0) is 67.4 Å². The van der Waals surface area contributed by atoms with Crippen molar-refractivity contribution in [3.63, 3.8) is 0 Å². The zero-order valence-electron chi connectivity index (χ0n) is 19.5. The lowest BCUT2D eigenvalue weighted by Crippen LogP contribution is -2.42. The minimum Gasteiger partial charge on any atom is -0.504 e. The Morgan fingerprint density at radius 3 is 2.72 bits per heavy atom. The zero-order valence-corrected chi connectivity index (χ0v) is 22.0. The van der Waals surface area contributed by atoms with Gasteiger partial charge in [0.2, 0.25) is 11.8 Å². The van der Waals surface area contributed by atoms with Gasteiger partial charge < -0.3 is 19.9 Å². The molecule has 2 amide bonds. The summed E-state index contributed by atoms with van der Waals surface area (Å²) in [5, 5.41) is 20.5. The number of amides is 2. The highest BCUT2D eigenvalue weighted by Crippen LogP contribution is 2.69.